The van der Waals surface area contributed by atoms with E-state index < -0.39 is 16.9 Å². The summed E-state index contributed by atoms with van der Waals surface area (Å²) in [5.41, 5.74) is 2.73. The van der Waals surface area contributed by atoms with Crippen LogP contribution in [0.2, 0.25) is 5.02 Å². The highest BCUT2D eigenvalue weighted by atomic mass is 35.5. The van der Waals surface area contributed by atoms with Crippen LogP contribution in [0, 0.1) is 10.1 Å². The molecule has 118 valence electrons. The maximum Gasteiger partial charge on any atom is 0.288 e. The van der Waals surface area contributed by atoms with Gasteiger partial charge in [0.25, 0.3) is 11.6 Å². The number of nitrogens with zero attached hydrogens (tertiary/aromatic N) is 2. The number of aliphatic hydroxyl groups is 1. The topological polar surface area (TPSA) is 105 Å². The summed E-state index contributed by atoms with van der Waals surface area (Å²) in [5.74, 6) is -0.712. The van der Waals surface area contributed by atoms with E-state index in [-0.39, 0.29) is 10.7 Å². The molecule has 8 heteroatoms. The zero-order valence-corrected chi connectivity index (χ0v) is 12.5. The number of amides is 1. The van der Waals surface area contributed by atoms with Crippen molar-refractivity contribution in [3.63, 3.8) is 0 Å². The molecule has 0 heterocycles. The van der Waals surface area contributed by atoms with Crippen LogP contribution in [-0.4, -0.2) is 22.2 Å². The average molecular weight is 334 g/mol. The number of benzene rings is 2. The quantitative estimate of drug-likeness (QED) is 0.498. The molecule has 2 N–H and O–H groups in total. The van der Waals surface area contributed by atoms with E-state index in [1.165, 1.54) is 24.4 Å². The normalized spacial score (nSPS) is 12.1. The van der Waals surface area contributed by atoms with E-state index in [9.17, 15) is 20.0 Å². The van der Waals surface area contributed by atoms with Crippen molar-refractivity contribution in [3.8, 4) is 0 Å². The lowest BCUT2D eigenvalue weighted by Crippen LogP contribution is -2.25. The minimum atomic E-state index is -1.35. The van der Waals surface area contributed by atoms with E-state index in [1.54, 1.807) is 30.3 Å². The summed E-state index contributed by atoms with van der Waals surface area (Å²) in [6.07, 6.45) is -0.133. The Hall–Kier alpha value is -2.77. The minimum Gasteiger partial charge on any atom is -0.378 e. The summed E-state index contributed by atoms with van der Waals surface area (Å²) < 4.78 is 0. The number of rotatable bonds is 5. The molecule has 1 amide bonds. The van der Waals surface area contributed by atoms with Crippen LogP contribution in [0.5, 0.6) is 0 Å². The highest BCUT2D eigenvalue weighted by Gasteiger charge is 2.16. The summed E-state index contributed by atoms with van der Waals surface area (Å²) in [4.78, 5) is 21.9. The fraction of sp³-hybridized carbons (Fsp3) is 0.0667. The van der Waals surface area contributed by atoms with Crippen LogP contribution in [0.4, 0.5) is 5.69 Å². The van der Waals surface area contributed by atoms with Crippen molar-refractivity contribution in [2.75, 3.05) is 0 Å². The Labute approximate surface area is 136 Å². The number of aliphatic hydroxyl groups excluding tert-OH is 1. The predicted molar refractivity (Wildman–Crippen MR) is 85.2 cm³/mol. The van der Waals surface area contributed by atoms with Crippen molar-refractivity contribution >= 4 is 29.4 Å². The smallest absolute Gasteiger partial charge is 0.288 e. The van der Waals surface area contributed by atoms with Crippen molar-refractivity contribution in [1.82, 2.24) is 5.43 Å². The largest absolute Gasteiger partial charge is 0.378 e. The molecule has 0 aliphatic carbocycles. The molecular weight excluding hydrogens is 322 g/mol. The summed E-state index contributed by atoms with van der Waals surface area (Å²) in [6.45, 7) is 0. The van der Waals surface area contributed by atoms with Crippen molar-refractivity contribution in [2.24, 2.45) is 5.10 Å². The van der Waals surface area contributed by atoms with Gasteiger partial charge in [0, 0.05) is 11.6 Å². The van der Waals surface area contributed by atoms with Gasteiger partial charge in [0.1, 0.15) is 5.02 Å². The summed E-state index contributed by atoms with van der Waals surface area (Å²) in [6, 6.07) is 12.5. The Kier molecular flexibility index (Phi) is 5.40. The Bertz CT molecular complexity index is 750. The number of carbonyl (C=O) groups is 1. The van der Waals surface area contributed by atoms with Gasteiger partial charge >= 0.3 is 0 Å². The molecule has 0 bridgehead atoms. The molecule has 1 atom stereocenters. The first-order chi connectivity index (χ1) is 11.0. The molecule has 0 aliphatic rings. The summed E-state index contributed by atoms with van der Waals surface area (Å²) >= 11 is 5.70. The molecule has 0 saturated heterocycles. The molecule has 0 spiro atoms. The number of nitro benzene ring substituents is 1. The highest BCUT2D eigenvalue weighted by molar-refractivity contribution is 6.32. The van der Waals surface area contributed by atoms with Gasteiger partial charge in [-0.2, -0.15) is 5.10 Å². The van der Waals surface area contributed by atoms with Crippen molar-refractivity contribution in [2.45, 2.75) is 6.10 Å². The van der Waals surface area contributed by atoms with Gasteiger partial charge in [0.2, 0.25) is 0 Å². The van der Waals surface area contributed by atoms with Crippen LogP contribution in [0.15, 0.2) is 53.6 Å². The van der Waals surface area contributed by atoms with E-state index in [2.05, 4.69) is 10.5 Å². The van der Waals surface area contributed by atoms with Crippen molar-refractivity contribution < 1.29 is 14.8 Å². The number of hydrogen-bond donors (Lipinski definition) is 2. The lowest BCUT2D eigenvalue weighted by Gasteiger charge is -2.08. The van der Waals surface area contributed by atoms with Crippen LogP contribution in [0.3, 0.4) is 0 Å². The van der Waals surface area contributed by atoms with Crippen LogP contribution in [0.1, 0.15) is 17.2 Å². The standard InChI is InChI=1S/C15H12ClN3O4/c16-12-7-6-10(8-13(12)19(22)23)9-17-18-15(21)14(20)11-4-2-1-3-5-11/h1-9,14,20H,(H,18,21)/b17-9+. The number of nitro groups is 1. The number of nitrogens with one attached hydrogen (secondary N) is 1. The van der Waals surface area contributed by atoms with Gasteiger partial charge in [-0.25, -0.2) is 5.43 Å². The highest BCUT2D eigenvalue weighted by Crippen LogP contribution is 2.24. The maximum atomic E-state index is 11.8. The van der Waals surface area contributed by atoms with Gasteiger partial charge in [0.05, 0.1) is 11.1 Å². The molecule has 0 aromatic heterocycles. The lowest BCUT2D eigenvalue weighted by molar-refractivity contribution is -0.384. The maximum absolute atomic E-state index is 11.8. The molecule has 0 radical (unpaired) electrons. The fourth-order valence-electron chi connectivity index (χ4n) is 1.77. The Morgan fingerprint density at radius 2 is 2.00 bits per heavy atom. The number of hydrogen-bond acceptors (Lipinski definition) is 5. The Morgan fingerprint density at radius 1 is 1.30 bits per heavy atom. The second-order valence-electron chi connectivity index (χ2n) is 4.52. The monoisotopic (exact) mass is 333 g/mol. The SMILES string of the molecule is O=C(N/N=C/c1ccc(Cl)c([N+](=O)[O-])c1)C(O)c1ccccc1. The third-order valence-corrected chi connectivity index (χ3v) is 3.24. The van der Waals surface area contributed by atoms with E-state index in [0.29, 0.717) is 11.1 Å². The van der Waals surface area contributed by atoms with E-state index in [0.717, 1.165) is 0 Å². The molecule has 0 fully saturated rings. The molecule has 1 unspecified atom stereocenters. The Morgan fingerprint density at radius 3 is 2.65 bits per heavy atom. The number of carbonyl (C=O) groups excluding carboxylic acids is 1. The van der Waals surface area contributed by atoms with Gasteiger partial charge < -0.3 is 5.11 Å². The average Bonchev–Trinajstić information content (AvgIpc) is 2.56. The molecule has 2 rings (SSSR count). The minimum absolute atomic E-state index is 0.00989. The summed E-state index contributed by atoms with van der Waals surface area (Å²) in [5, 5.41) is 24.3. The first-order valence-electron chi connectivity index (χ1n) is 6.49. The molecule has 7 nitrogen and oxygen atoms in total. The molecule has 2 aromatic rings. The number of halogens is 1. The van der Waals surface area contributed by atoms with Gasteiger partial charge in [0.15, 0.2) is 6.10 Å². The zero-order valence-electron chi connectivity index (χ0n) is 11.7. The van der Waals surface area contributed by atoms with Gasteiger partial charge in [-0.05, 0) is 11.6 Å². The van der Waals surface area contributed by atoms with Gasteiger partial charge in [-0.15, -0.1) is 0 Å². The van der Waals surface area contributed by atoms with Crippen LogP contribution >= 0.6 is 11.6 Å². The molecule has 2 aromatic carbocycles. The van der Waals surface area contributed by atoms with Crippen LogP contribution < -0.4 is 5.43 Å². The van der Waals surface area contributed by atoms with Crippen molar-refractivity contribution in [3.05, 3.63) is 74.8 Å². The third kappa shape index (κ3) is 4.35. The van der Waals surface area contributed by atoms with E-state index in [1.807, 2.05) is 0 Å². The third-order valence-electron chi connectivity index (χ3n) is 2.92. The molecule has 23 heavy (non-hydrogen) atoms. The lowest BCUT2D eigenvalue weighted by atomic mass is 10.1. The second kappa shape index (κ2) is 7.48. The molecule has 0 saturated carbocycles. The molecule has 0 aliphatic heterocycles. The Balaban J connectivity index is 2.03. The predicted octanol–water partition coefficient (Wildman–Crippen LogP) is 2.43. The number of hydrazone groups is 1. The second-order valence-corrected chi connectivity index (χ2v) is 4.92. The first kappa shape index (κ1) is 16.6. The first-order valence-corrected chi connectivity index (χ1v) is 6.86. The molecular formula is C15H12ClN3O4. The van der Waals surface area contributed by atoms with Crippen LogP contribution in [0.25, 0.3) is 0 Å². The van der Waals surface area contributed by atoms with Gasteiger partial charge in [-0.1, -0.05) is 48.0 Å². The van der Waals surface area contributed by atoms with E-state index >= 15 is 0 Å². The summed E-state index contributed by atoms with van der Waals surface area (Å²) in [7, 11) is 0. The fourth-order valence-corrected chi connectivity index (χ4v) is 1.95. The van der Waals surface area contributed by atoms with E-state index in [4.69, 9.17) is 11.6 Å². The van der Waals surface area contributed by atoms with Crippen molar-refractivity contribution in [1.29, 1.82) is 0 Å². The van der Waals surface area contributed by atoms with Gasteiger partial charge in [-0.3, -0.25) is 14.9 Å². The van der Waals surface area contributed by atoms with Crippen LogP contribution in [-0.2, 0) is 4.79 Å². The zero-order chi connectivity index (χ0) is 16.8.